The Morgan fingerprint density at radius 1 is 1.06 bits per heavy atom. The Kier molecular flexibility index (Phi) is 7.38. The summed E-state index contributed by atoms with van der Waals surface area (Å²) in [7, 11) is 2.03. The third-order valence-electron chi connectivity index (χ3n) is 5.70. The zero-order chi connectivity index (χ0) is 22.6. The number of aryl methyl sites for hydroxylation is 2. The minimum absolute atomic E-state index is 0.166. The number of hydrogen-bond acceptors (Lipinski definition) is 3. The third-order valence-corrected chi connectivity index (χ3v) is 5.70. The van der Waals surface area contributed by atoms with Crippen LogP contribution in [0.25, 0.3) is 0 Å². The molecule has 1 fully saturated rings. The van der Waals surface area contributed by atoms with Crippen molar-refractivity contribution >= 4 is 11.6 Å². The van der Waals surface area contributed by atoms with Gasteiger partial charge in [-0.2, -0.15) is 13.2 Å². The molecule has 3 rings (SSSR count). The van der Waals surface area contributed by atoms with Gasteiger partial charge >= 0.3 is 6.18 Å². The van der Waals surface area contributed by atoms with Crippen molar-refractivity contribution < 1.29 is 18.0 Å². The molecule has 7 heteroatoms. The van der Waals surface area contributed by atoms with Gasteiger partial charge in [0.2, 0.25) is 0 Å². The number of carbonyl (C=O) groups excluding carboxylic acids is 1. The zero-order valence-corrected chi connectivity index (χ0v) is 18.4. The number of carbonyl (C=O) groups is 1. The van der Waals surface area contributed by atoms with E-state index in [0.717, 1.165) is 50.7 Å². The fourth-order valence-corrected chi connectivity index (χ4v) is 3.87. The zero-order valence-electron chi connectivity index (χ0n) is 18.4. The van der Waals surface area contributed by atoms with Gasteiger partial charge in [-0.3, -0.25) is 9.69 Å². The lowest BCUT2D eigenvalue weighted by atomic mass is 10.0. The first-order valence-electron chi connectivity index (χ1n) is 10.7. The molecule has 1 amide bonds. The average molecular weight is 434 g/mol. The van der Waals surface area contributed by atoms with E-state index in [1.807, 2.05) is 20.0 Å². The maximum absolute atomic E-state index is 13.5. The van der Waals surface area contributed by atoms with Crippen molar-refractivity contribution in [1.82, 2.24) is 9.80 Å². The van der Waals surface area contributed by atoms with Crippen molar-refractivity contribution in [3.8, 4) is 0 Å². The molecular formula is C24H30F3N3O. The van der Waals surface area contributed by atoms with E-state index >= 15 is 0 Å². The van der Waals surface area contributed by atoms with Crippen LogP contribution in [0.2, 0.25) is 0 Å². The van der Waals surface area contributed by atoms with Crippen LogP contribution in [0, 0.1) is 6.92 Å². The molecule has 0 spiro atoms. The SMILES string of the molecule is CCCc1ccc(C(=O)Nc2cc(CN3CCN(C)CC3)cc(C(F)(F)F)c2)cc1C. The third kappa shape index (κ3) is 6.31. The highest BCUT2D eigenvalue weighted by Crippen LogP contribution is 2.32. The molecule has 2 aromatic carbocycles. The minimum atomic E-state index is -4.48. The molecule has 0 radical (unpaired) electrons. The Balaban J connectivity index is 1.80. The number of halogens is 3. The first-order valence-corrected chi connectivity index (χ1v) is 10.7. The van der Waals surface area contributed by atoms with Crippen molar-refractivity contribution in [2.45, 2.75) is 39.4 Å². The van der Waals surface area contributed by atoms with E-state index in [-0.39, 0.29) is 5.69 Å². The maximum Gasteiger partial charge on any atom is 0.416 e. The number of anilines is 1. The number of nitrogens with zero attached hydrogens (tertiary/aromatic N) is 2. The first kappa shape index (κ1) is 23.3. The highest BCUT2D eigenvalue weighted by atomic mass is 19.4. The molecule has 1 aliphatic heterocycles. The van der Waals surface area contributed by atoms with Crippen LogP contribution in [0.15, 0.2) is 36.4 Å². The summed E-state index contributed by atoms with van der Waals surface area (Å²) in [6.07, 6.45) is -2.54. The van der Waals surface area contributed by atoms with E-state index in [1.54, 1.807) is 18.2 Å². The first-order chi connectivity index (χ1) is 14.7. The van der Waals surface area contributed by atoms with Gasteiger partial charge in [-0.05, 0) is 67.4 Å². The number of likely N-dealkylation sites (N-methyl/N-ethyl adjacent to an activating group) is 1. The smallest absolute Gasteiger partial charge is 0.322 e. The number of hydrogen-bond donors (Lipinski definition) is 1. The van der Waals surface area contributed by atoms with Crippen LogP contribution in [0.1, 0.15) is 46.0 Å². The lowest BCUT2D eigenvalue weighted by Crippen LogP contribution is -2.43. The second kappa shape index (κ2) is 9.83. The Bertz CT molecular complexity index is 919. The van der Waals surface area contributed by atoms with Gasteiger partial charge in [0.25, 0.3) is 5.91 Å². The Morgan fingerprint density at radius 2 is 1.77 bits per heavy atom. The summed E-state index contributed by atoms with van der Waals surface area (Å²) in [6.45, 7) is 7.83. The van der Waals surface area contributed by atoms with Gasteiger partial charge in [0.15, 0.2) is 0 Å². The van der Waals surface area contributed by atoms with Crippen LogP contribution < -0.4 is 5.32 Å². The summed E-state index contributed by atoms with van der Waals surface area (Å²) in [6, 6.07) is 9.26. The number of amides is 1. The predicted octanol–water partition coefficient (Wildman–Crippen LogP) is 4.97. The molecule has 1 heterocycles. The van der Waals surface area contributed by atoms with Crippen molar-refractivity contribution in [2.75, 3.05) is 38.5 Å². The van der Waals surface area contributed by atoms with Gasteiger partial charge in [-0.1, -0.05) is 19.4 Å². The quantitative estimate of drug-likeness (QED) is 0.699. The molecule has 1 aliphatic rings. The minimum Gasteiger partial charge on any atom is -0.322 e. The van der Waals surface area contributed by atoms with Crippen molar-refractivity contribution in [2.24, 2.45) is 0 Å². The van der Waals surface area contributed by atoms with Crippen LogP contribution in [0.3, 0.4) is 0 Å². The fraction of sp³-hybridized carbons (Fsp3) is 0.458. The number of benzene rings is 2. The van der Waals surface area contributed by atoms with Crippen LogP contribution >= 0.6 is 0 Å². The Morgan fingerprint density at radius 3 is 2.39 bits per heavy atom. The maximum atomic E-state index is 13.5. The average Bonchev–Trinajstić information content (AvgIpc) is 2.70. The van der Waals surface area contributed by atoms with Crippen LogP contribution in [0.4, 0.5) is 18.9 Å². The van der Waals surface area contributed by atoms with Gasteiger partial charge in [0.05, 0.1) is 5.56 Å². The van der Waals surface area contributed by atoms with Crippen molar-refractivity contribution in [3.05, 3.63) is 64.2 Å². The molecule has 1 N–H and O–H groups in total. The molecule has 0 unspecified atom stereocenters. The van der Waals surface area contributed by atoms with E-state index in [9.17, 15) is 18.0 Å². The second-order valence-electron chi connectivity index (χ2n) is 8.34. The van der Waals surface area contributed by atoms with Gasteiger partial charge in [0.1, 0.15) is 0 Å². The predicted molar refractivity (Wildman–Crippen MR) is 117 cm³/mol. The molecule has 0 saturated carbocycles. The van der Waals surface area contributed by atoms with Gasteiger partial charge in [-0.15, -0.1) is 0 Å². The Labute approximate surface area is 182 Å². The fourth-order valence-electron chi connectivity index (χ4n) is 3.87. The Hall–Kier alpha value is -2.38. The summed E-state index contributed by atoms with van der Waals surface area (Å²) in [5.74, 6) is -0.406. The van der Waals surface area contributed by atoms with Gasteiger partial charge in [0, 0.05) is 44.0 Å². The number of nitrogens with one attached hydrogen (secondary N) is 1. The largest absolute Gasteiger partial charge is 0.416 e. The molecule has 1 saturated heterocycles. The molecule has 0 atom stereocenters. The molecule has 0 aliphatic carbocycles. The highest BCUT2D eigenvalue weighted by Gasteiger charge is 2.31. The number of rotatable bonds is 6. The van der Waals surface area contributed by atoms with E-state index in [2.05, 4.69) is 22.0 Å². The van der Waals surface area contributed by atoms with E-state index in [1.165, 1.54) is 11.6 Å². The monoisotopic (exact) mass is 433 g/mol. The molecule has 4 nitrogen and oxygen atoms in total. The topological polar surface area (TPSA) is 35.6 Å². The summed E-state index contributed by atoms with van der Waals surface area (Å²) >= 11 is 0. The van der Waals surface area contributed by atoms with Crippen LogP contribution in [-0.4, -0.2) is 48.9 Å². The van der Waals surface area contributed by atoms with E-state index in [4.69, 9.17) is 0 Å². The van der Waals surface area contributed by atoms with Gasteiger partial charge in [-0.25, -0.2) is 0 Å². The summed E-state index contributed by atoms with van der Waals surface area (Å²) in [4.78, 5) is 17.1. The summed E-state index contributed by atoms with van der Waals surface area (Å²) in [5.41, 5.74) is 2.59. The van der Waals surface area contributed by atoms with Crippen molar-refractivity contribution in [1.29, 1.82) is 0 Å². The standard InChI is InChI=1S/C24H30F3N3O/c1-4-5-19-6-7-20(12-17(19)2)23(31)28-22-14-18(13-21(15-22)24(25,26)27)16-30-10-8-29(3)9-11-30/h6-7,12-15H,4-5,8-11,16H2,1-3H3,(H,28,31). The molecule has 0 bridgehead atoms. The van der Waals surface area contributed by atoms with Crippen LogP contribution in [-0.2, 0) is 19.1 Å². The number of alkyl halides is 3. The van der Waals surface area contributed by atoms with Gasteiger partial charge < -0.3 is 10.2 Å². The lowest BCUT2D eigenvalue weighted by molar-refractivity contribution is -0.137. The molecule has 2 aromatic rings. The summed E-state index contributed by atoms with van der Waals surface area (Å²) < 4.78 is 40.4. The second-order valence-corrected chi connectivity index (χ2v) is 8.34. The lowest BCUT2D eigenvalue weighted by Gasteiger charge is -2.32. The normalized spacial score (nSPS) is 15.8. The highest BCUT2D eigenvalue weighted by molar-refractivity contribution is 6.04. The van der Waals surface area contributed by atoms with Crippen molar-refractivity contribution in [3.63, 3.8) is 0 Å². The summed E-state index contributed by atoms with van der Waals surface area (Å²) in [5, 5.41) is 2.67. The molecule has 0 aromatic heterocycles. The molecule has 31 heavy (non-hydrogen) atoms. The molecular weight excluding hydrogens is 403 g/mol. The van der Waals surface area contributed by atoms with Crippen LogP contribution in [0.5, 0.6) is 0 Å². The van der Waals surface area contributed by atoms with E-state index < -0.39 is 17.6 Å². The molecule has 168 valence electrons. The van der Waals surface area contributed by atoms with E-state index in [0.29, 0.717) is 17.7 Å². The number of piperazine rings is 1.